The molecule has 1 saturated carbocycles. The highest BCUT2D eigenvalue weighted by atomic mass is 16.3. The Morgan fingerprint density at radius 3 is 2.48 bits per heavy atom. The lowest BCUT2D eigenvalue weighted by Gasteiger charge is -2.38. The molecule has 0 radical (unpaired) electrons. The first-order valence-corrected chi connectivity index (χ1v) is 8.19. The molecule has 0 bridgehead atoms. The van der Waals surface area contributed by atoms with Crippen molar-refractivity contribution >= 4 is 0 Å². The van der Waals surface area contributed by atoms with Crippen molar-refractivity contribution in [2.24, 2.45) is 0 Å². The molecule has 0 aromatic heterocycles. The van der Waals surface area contributed by atoms with Gasteiger partial charge in [-0.2, -0.15) is 0 Å². The van der Waals surface area contributed by atoms with Crippen LogP contribution in [0.25, 0.3) is 0 Å². The molecular weight excluding hydrogens is 260 g/mol. The zero-order valence-corrected chi connectivity index (χ0v) is 13.7. The van der Waals surface area contributed by atoms with Gasteiger partial charge in [0.1, 0.15) is 0 Å². The molecule has 118 valence electrons. The van der Waals surface area contributed by atoms with E-state index in [2.05, 4.69) is 61.3 Å². The average Bonchev–Trinajstić information content (AvgIpc) is 3.30. The molecule has 1 aliphatic carbocycles. The van der Waals surface area contributed by atoms with Gasteiger partial charge in [-0.25, -0.2) is 0 Å². The van der Waals surface area contributed by atoms with Crippen molar-refractivity contribution in [1.29, 1.82) is 0 Å². The van der Waals surface area contributed by atoms with Crippen LogP contribution in [0.15, 0.2) is 30.3 Å². The summed E-state index contributed by atoms with van der Waals surface area (Å²) in [5.41, 5.74) is 1.45. The fourth-order valence-corrected chi connectivity index (χ4v) is 2.84. The summed E-state index contributed by atoms with van der Waals surface area (Å²) in [4.78, 5) is 2.38. The predicted octanol–water partition coefficient (Wildman–Crippen LogP) is 2.40. The third kappa shape index (κ3) is 4.80. The molecule has 1 aromatic carbocycles. The maximum absolute atomic E-state index is 9.32. The van der Waals surface area contributed by atoms with Gasteiger partial charge in [-0.05, 0) is 32.3 Å². The molecule has 3 heteroatoms. The highest BCUT2D eigenvalue weighted by molar-refractivity contribution is 5.26. The standard InChI is InChI=1S/C18H30N2O/c1-15(2)20(11-12-21)14-18(3,13-19-17-9-10-17)16-7-5-4-6-8-16/h4-8,15,17,19,21H,9-14H2,1-3H3. The minimum absolute atomic E-state index is 0.0727. The fourth-order valence-electron chi connectivity index (χ4n) is 2.84. The normalized spacial score (nSPS) is 18.2. The number of nitrogens with zero attached hydrogens (tertiary/aromatic N) is 1. The van der Waals surface area contributed by atoms with Gasteiger partial charge in [-0.1, -0.05) is 37.3 Å². The van der Waals surface area contributed by atoms with Crippen LogP contribution in [0.1, 0.15) is 39.2 Å². The van der Waals surface area contributed by atoms with Crippen molar-refractivity contribution in [2.75, 3.05) is 26.2 Å². The number of aliphatic hydroxyl groups excluding tert-OH is 1. The van der Waals surface area contributed by atoms with Crippen LogP contribution >= 0.6 is 0 Å². The van der Waals surface area contributed by atoms with Crippen LogP contribution in [0.4, 0.5) is 0 Å². The molecule has 0 spiro atoms. The quantitative estimate of drug-likeness (QED) is 0.733. The van der Waals surface area contributed by atoms with E-state index in [1.165, 1.54) is 18.4 Å². The molecule has 2 rings (SSSR count). The van der Waals surface area contributed by atoms with E-state index in [1.807, 2.05) is 0 Å². The smallest absolute Gasteiger partial charge is 0.0558 e. The Morgan fingerprint density at radius 2 is 1.95 bits per heavy atom. The van der Waals surface area contributed by atoms with Gasteiger partial charge in [0.25, 0.3) is 0 Å². The molecule has 1 fully saturated rings. The summed E-state index contributed by atoms with van der Waals surface area (Å²) in [5, 5.41) is 13.0. The first-order chi connectivity index (χ1) is 10.0. The number of nitrogens with one attached hydrogen (secondary N) is 1. The van der Waals surface area contributed by atoms with Crippen molar-refractivity contribution in [3.8, 4) is 0 Å². The second-order valence-electron chi connectivity index (χ2n) is 6.87. The molecule has 2 N–H and O–H groups in total. The molecule has 0 aliphatic heterocycles. The van der Waals surface area contributed by atoms with E-state index in [-0.39, 0.29) is 12.0 Å². The maximum Gasteiger partial charge on any atom is 0.0558 e. The Kier molecular flexibility index (Phi) is 5.80. The van der Waals surface area contributed by atoms with E-state index in [4.69, 9.17) is 0 Å². The van der Waals surface area contributed by atoms with Gasteiger partial charge in [0.05, 0.1) is 6.61 Å². The van der Waals surface area contributed by atoms with Crippen molar-refractivity contribution in [3.63, 3.8) is 0 Å². The van der Waals surface area contributed by atoms with E-state index in [0.29, 0.717) is 6.04 Å². The SMILES string of the molecule is CC(C)N(CCO)CC(C)(CNC1CC1)c1ccccc1. The number of hydrogen-bond acceptors (Lipinski definition) is 3. The van der Waals surface area contributed by atoms with Crippen molar-refractivity contribution in [3.05, 3.63) is 35.9 Å². The zero-order valence-electron chi connectivity index (χ0n) is 13.7. The second kappa shape index (κ2) is 7.39. The molecule has 0 heterocycles. The Hall–Kier alpha value is -0.900. The van der Waals surface area contributed by atoms with Gasteiger partial charge in [0, 0.05) is 37.1 Å². The van der Waals surface area contributed by atoms with E-state index in [9.17, 15) is 5.11 Å². The molecule has 1 unspecified atom stereocenters. The topological polar surface area (TPSA) is 35.5 Å². The van der Waals surface area contributed by atoms with Gasteiger partial charge < -0.3 is 10.4 Å². The third-order valence-corrected chi connectivity index (χ3v) is 4.50. The minimum atomic E-state index is 0.0727. The summed E-state index contributed by atoms with van der Waals surface area (Å²) in [6.45, 7) is 9.67. The monoisotopic (exact) mass is 290 g/mol. The summed E-state index contributed by atoms with van der Waals surface area (Å²) in [7, 11) is 0. The zero-order chi connectivity index (χ0) is 15.3. The maximum atomic E-state index is 9.32. The minimum Gasteiger partial charge on any atom is -0.395 e. The largest absolute Gasteiger partial charge is 0.395 e. The van der Waals surface area contributed by atoms with Crippen LogP contribution in [0.3, 0.4) is 0 Å². The van der Waals surface area contributed by atoms with Crippen LogP contribution < -0.4 is 5.32 Å². The molecule has 1 atom stereocenters. The average molecular weight is 290 g/mol. The van der Waals surface area contributed by atoms with Crippen molar-refractivity contribution in [2.45, 2.75) is 51.1 Å². The molecule has 1 aromatic rings. The highest BCUT2D eigenvalue weighted by Gasteiger charge is 2.32. The number of hydrogen-bond donors (Lipinski definition) is 2. The Morgan fingerprint density at radius 1 is 1.29 bits per heavy atom. The van der Waals surface area contributed by atoms with Crippen molar-refractivity contribution in [1.82, 2.24) is 10.2 Å². The predicted molar refractivity (Wildman–Crippen MR) is 88.6 cm³/mol. The second-order valence-corrected chi connectivity index (χ2v) is 6.87. The number of aliphatic hydroxyl groups is 1. The third-order valence-electron chi connectivity index (χ3n) is 4.50. The first-order valence-electron chi connectivity index (χ1n) is 8.19. The van der Waals surface area contributed by atoms with Gasteiger partial charge in [-0.3, -0.25) is 4.90 Å². The van der Waals surface area contributed by atoms with Crippen LogP contribution in [-0.4, -0.2) is 48.3 Å². The lowest BCUT2D eigenvalue weighted by atomic mass is 9.81. The molecule has 21 heavy (non-hydrogen) atoms. The van der Waals surface area contributed by atoms with Crippen molar-refractivity contribution < 1.29 is 5.11 Å². The van der Waals surface area contributed by atoms with Gasteiger partial charge in [-0.15, -0.1) is 0 Å². The van der Waals surface area contributed by atoms with E-state index in [0.717, 1.165) is 25.7 Å². The summed E-state index contributed by atoms with van der Waals surface area (Å²) < 4.78 is 0. The van der Waals surface area contributed by atoms with Crippen LogP contribution in [0.5, 0.6) is 0 Å². The van der Waals surface area contributed by atoms with Gasteiger partial charge in [0.15, 0.2) is 0 Å². The lowest BCUT2D eigenvalue weighted by Crippen LogP contribution is -2.48. The molecule has 1 aliphatic rings. The Balaban J connectivity index is 2.13. The molecule has 0 amide bonds. The first kappa shape index (κ1) is 16.5. The number of benzene rings is 1. The summed E-state index contributed by atoms with van der Waals surface area (Å²) >= 11 is 0. The molecular formula is C18H30N2O. The number of rotatable bonds is 9. The van der Waals surface area contributed by atoms with E-state index in [1.54, 1.807) is 0 Å². The summed E-state index contributed by atoms with van der Waals surface area (Å²) in [5.74, 6) is 0. The molecule has 3 nitrogen and oxygen atoms in total. The van der Waals surface area contributed by atoms with Gasteiger partial charge in [0.2, 0.25) is 0 Å². The van der Waals surface area contributed by atoms with Crippen LogP contribution in [-0.2, 0) is 5.41 Å². The summed E-state index contributed by atoms with van der Waals surface area (Å²) in [6, 6.07) is 11.9. The Labute approximate surface area is 129 Å². The Bertz CT molecular complexity index is 416. The fraction of sp³-hybridized carbons (Fsp3) is 0.667. The van der Waals surface area contributed by atoms with Crippen LogP contribution in [0.2, 0.25) is 0 Å². The summed E-state index contributed by atoms with van der Waals surface area (Å²) in [6.07, 6.45) is 2.63. The highest BCUT2D eigenvalue weighted by Crippen LogP contribution is 2.27. The lowest BCUT2D eigenvalue weighted by molar-refractivity contribution is 0.135. The van der Waals surface area contributed by atoms with E-state index >= 15 is 0 Å². The van der Waals surface area contributed by atoms with E-state index < -0.39 is 0 Å². The van der Waals surface area contributed by atoms with Gasteiger partial charge >= 0.3 is 0 Å². The molecule has 0 saturated heterocycles. The van der Waals surface area contributed by atoms with Crippen LogP contribution in [0, 0.1) is 0 Å².